The second-order valence-electron chi connectivity index (χ2n) is 4.71. The molecule has 1 N–H and O–H groups in total. The van der Waals surface area contributed by atoms with Crippen LogP contribution >= 0.6 is 15.9 Å². The zero-order valence-corrected chi connectivity index (χ0v) is 13.2. The molecule has 0 saturated carbocycles. The highest BCUT2D eigenvalue weighted by Crippen LogP contribution is 2.25. The fourth-order valence-corrected chi connectivity index (χ4v) is 2.55. The molecular formula is C15H20BrN3. The molecule has 19 heavy (non-hydrogen) atoms. The van der Waals surface area contributed by atoms with Crippen LogP contribution in [0.4, 0.5) is 0 Å². The summed E-state index contributed by atoms with van der Waals surface area (Å²) >= 11 is 3.55. The Hall–Kier alpha value is -1.13. The zero-order valence-electron chi connectivity index (χ0n) is 11.7. The summed E-state index contributed by atoms with van der Waals surface area (Å²) in [7, 11) is 1.98. The van der Waals surface area contributed by atoms with Crippen molar-refractivity contribution < 1.29 is 0 Å². The molecule has 0 aliphatic heterocycles. The van der Waals surface area contributed by atoms with Crippen LogP contribution < -0.4 is 5.32 Å². The second kappa shape index (κ2) is 6.35. The van der Waals surface area contributed by atoms with Gasteiger partial charge in [0.2, 0.25) is 0 Å². The standard InChI is InChI=1S/C15H20BrN3/c1-4-8-19-9-7-18-15(19)14(17-3)12-5-6-13(16)11(2)10-12/h5-7,9-10,14,17H,4,8H2,1-3H3. The third-order valence-electron chi connectivity index (χ3n) is 3.27. The fourth-order valence-electron chi connectivity index (χ4n) is 2.30. The van der Waals surface area contributed by atoms with Crippen LogP contribution in [0.5, 0.6) is 0 Å². The first kappa shape index (κ1) is 14.3. The van der Waals surface area contributed by atoms with Crippen molar-refractivity contribution in [2.75, 3.05) is 7.05 Å². The highest BCUT2D eigenvalue weighted by atomic mass is 79.9. The monoisotopic (exact) mass is 321 g/mol. The van der Waals surface area contributed by atoms with Crippen LogP contribution in [0.1, 0.15) is 36.3 Å². The first-order chi connectivity index (χ1) is 9.17. The van der Waals surface area contributed by atoms with Gasteiger partial charge in [0.1, 0.15) is 5.82 Å². The maximum Gasteiger partial charge on any atom is 0.130 e. The van der Waals surface area contributed by atoms with Crippen LogP contribution in [-0.4, -0.2) is 16.6 Å². The van der Waals surface area contributed by atoms with E-state index in [1.807, 2.05) is 13.2 Å². The Bertz CT molecular complexity index is 548. The number of hydrogen-bond acceptors (Lipinski definition) is 2. The van der Waals surface area contributed by atoms with Crippen LogP contribution in [0, 0.1) is 6.92 Å². The van der Waals surface area contributed by atoms with E-state index in [1.165, 1.54) is 11.1 Å². The molecule has 1 heterocycles. The molecule has 0 saturated heterocycles. The van der Waals surface area contributed by atoms with E-state index >= 15 is 0 Å². The number of halogens is 1. The minimum absolute atomic E-state index is 0.133. The van der Waals surface area contributed by atoms with E-state index in [0.29, 0.717) is 0 Å². The van der Waals surface area contributed by atoms with Crippen LogP contribution in [0.2, 0.25) is 0 Å². The molecule has 1 aromatic carbocycles. The summed E-state index contributed by atoms with van der Waals surface area (Å²) in [4.78, 5) is 4.52. The molecule has 0 aliphatic rings. The Morgan fingerprint density at radius 2 is 2.21 bits per heavy atom. The van der Waals surface area contributed by atoms with Crippen molar-refractivity contribution in [3.63, 3.8) is 0 Å². The van der Waals surface area contributed by atoms with Gasteiger partial charge in [0, 0.05) is 23.4 Å². The average Bonchev–Trinajstić information content (AvgIpc) is 2.83. The van der Waals surface area contributed by atoms with E-state index < -0.39 is 0 Å². The van der Waals surface area contributed by atoms with Crippen molar-refractivity contribution in [2.45, 2.75) is 32.9 Å². The quantitative estimate of drug-likeness (QED) is 0.910. The maximum atomic E-state index is 4.52. The summed E-state index contributed by atoms with van der Waals surface area (Å²) in [6, 6.07) is 6.58. The third kappa shape index (κ3) is 3.07. The molecule has 2 aromatic rings. The molecule has 0 amide bonds. The number of hydrogen-bond donors (Lipinski definition) is 1. The number of aryl methyl sites for hydroxylation is 2. The maximum absolute atomic E-state index is 4.52. The predicted octanol–water partition coefficient (Wildman–Crippen LogP) is 3.67. The molecule has 0 radical (unpaired) electrons. The topological polar surface area (TPSA) is 29.9 Å². The molecular weight excluding hydrogens is 302 g/mol. The second-order valence-corrected chi connectivity index (χ2v) is 5.56. The van der Waals surface area contributed by atoms with Gasteiger partial charge in [-0.15, -0.1) is 0 Å². The van der Waals surface area contributed by atoms with Crippen molar-refractivity contribution >= 4 is 15.9 Å². The lowest BCUT2D eigenvalue weighted by Crippen LogP contribution is -2.22. The van der Waals surface area contributed by atoms with Gasteiger partial charge in [0.15, 0.2) is 0 Å². The van der Waals surface area contributed by atoms with Crippen molar-refractivity contribution in [2.24, 2.45) is 0 Å². The summed E-state index contributed by atoms with van der Waals surface area (Å²) in [5.74, 6) is 1.08. The van der Waals surface area contributed by atoms with Gasteiger partial charge >= 0.3 is 0 Å². The summed E-state index contributed by atoms with van der Waals surface area (Å²) in [5, 5.41) is 3.37. The van der Waals surface area contributed by atoms with E-state index in [0.717, 1.165) is 23.3 Å². The van der Waals surface area contributed by atoms with Gasteiger partial charge in [-0.1, -0.05) is 35.0 Å². The Morgan fingerprint density at radius 1 is 1.42 bits per heavy atom. The molecule has 0 bridgehead atoms. The SMILES string of the molecule is CCCn1ccnc1C(NC)c1ccc(Br)c(C)c1. The minimum atomic E-state index is 0.133. The Kier molecular flexibility index (Phi) is 4.77. The van der Waals surface area contributed by atoms with E-state index in [1.54, 1.807) is 0 Å². The van der Waals surface area contributed by atoms with Gasteiger partial charge in [-0.2, -0.15) is 0 Å². The summed E-state index contributed by atoms with van der Waals surface area (Å²) in [5.41, 5.74) is 2.48. The summed E-state index contributed by atoms with van der Waals surface area (Å²) < 4.78 is 3.36. The number of nitrogens with zero attached hydrogens (tertiary/aromatic N) is 2. The smallest absolute Gasteiger partial charge is 0.130 e. The molecule has 1 atom stereocenters. The van der Waals surface area contributed by atoms with E-state index in [9.17, 15) is 0 Å². The van der Waals surface area contributed by atoms with Crippen molar-refractivity contribution in [3.05, 3.63) is 52.0 Å². The van der Waals surface area contributed by atoms with Crippen LogP contribution in [0.3, 0.4) is 0 Å². The Labute approximate surface area is 123 Å². The van der Waals surface area contributed by atoms with E-state index in [-0.39, 0.29) is 6.04 Å². The van der Waals surface area contributed by atoms with Crippen LogP contribution in [0.15, 0.2) is 35.1 Å². The Balaban J connectivity index is 2.38. The molecule has 4 heteroatoms. The molecule has 3 nitrogen and oxygen atoms in total. The molecule has 0 spiro atoms. The van der Waals surface area contributed by atoms with Crippen LogP contribution in [0.25, 0.3) is 0 Å². The zero-order chi connectivity index (χ0) is 13.8. The van der Waals surface area contributed by atoms with E-state index in [2.05, 4.69) is 69.0 Å². The first-order valence-electron chi connectivity index (χ1n) is 6.61. The Morgan fingerprint density at radius 3 is 2.84 bits per heavy atom. The molecule has 0 aliphatic carbocycles. The highest BCUT2D eigenvalue weighted by molar-refractivity contribution is 9.10. The van der Waals surface area contributed by atoms with E-state index in [4.69, 9.17) is 0 Å². The molecule has 1 aromatic heterocycles. The number of aromatic nitrogens is 2. The lowest BCUT2D eigenvalue weighted by Gasteiger charge is -2.18. The van der Waals surface area contributed by atoms with Gasteiger partial charge < -0.3 is 9.88 Å². The number of nitrogens with one attached hydrogen (secondary N) is 1. The van der Waals surface area contributed by atoms with Gasteiger partial charge in [-0.3, -0.25) is 0 Å². The van der Waals surface area contributed by atoms with Gasteiger partial charge in [-0.25, -0.2) is 4.98 Å². The third-order valence-corrected chi connectivity index (χ3v) is 4.16. The van der Waals surface area contributed by atoms with Crippen LogP contribution in [-0.2, 0) is 6.54 Å². The van der Waals surface area contributed by atoms with Gasteiger partial charge in [-0.05, 0) is 37.6 Å². The summed E-state index contributed by atoms with van der Waals surface area (Å²) in [6.07, 6.45) is 5.04. The lowest BCUT2D eigenvalue weighted by molar-refractivity contribution is 0.568. The average molecular weight is 322 g/mol. The molecule has 102 valence electrons. The minimum Gasteiger partial charge on any atom is -0.333 e. The number of imidazole rings is 1. The first-order valence-corrected chi connectivity index (χ1v) is 7.41. The normalized spacial score (nSPS) is 12.6. The number of benzene rings is 1. The largest absolute Gasteiger partial charge is 0.333 e. The highest BCUT2D eigenvalue weighted by Gasteiger charge is 2.17. The predicted molar refractivity (Wildman–Crippen MR) is 82.3 cm³/mol. The van der Waals surface area contributed by atoms with Crippen molar-refractivity contribution in [1.29, 1.82) is 0 Å². The summed E-state index contributed by atoms with van der Waals surface area (Å²) in [6.45, 7) is 5.30. The molecule has 1 unspecified atom stereocenters. The van der Waals surface area contributed by atoms with Gasteiger partial charge in [0.25, 0.3) is 0 Å². The molecule has 0 fully saturated rings. The van der Waals surface area contributed by atoms with Crippen molar-refractivity contribution in [3.8, 4) is 0 Å². The van der Waals surface area contributed by atoms with Gasteiger partial charge in [0.05, 0.1) is 6.04 Å². The fraction of sp³-hybridized carbons (Fsp3) is 0.400. The number of rotatable bonds is 5. The van der Waals surface area contributed by atoms with Crippen molar-refractivity contribution in [1.82, 2.24) is 14.9 Å². The molecule has 2 rings (SSSR count). The lowest BCUT2D eigenvalue weighted by atomic mass is 10.0.